The normalized spacial score (nSPS) is 11.0. The molecule has 6 nitrogen and oxygen atoms in total. The molecule has 0 atom stereocenters. The number of Topliss-reactive ketones (excluding diaryl/α,β-unsaturated/α-hetero) is 1. The summed E-state index contributed by atoms with van der Waals surface area (Å²) in [6.07, 6.45) is -4.42. The third-order valence-electron chi connectivity index (χ3n) is 3.93. The fourth-order valence-electron chi connectivity index (χ4n) is 2.59. The molecule has 0 saturated heterocycles. The van der Waals surface area contributed by atoms with Crippen molar-refractivity contribution >= 4 is 11.8 Å². The van der Waals surface area contributed by atoms with Crippen molar-refractivity contribution in [3.63, 3.8) is 0 Å². The molecule has 0 N–H and O–H groups in total. The number of aryl methyl sites for hydroxylation is 1. The van der Waals surface area contributed by atoms with Crippen LogP contribution in [0, 0.1) is 25.2 Å². The summed E-state index contributed by atoms with van der Waals surface area (Å²) >= 11 is 0. The van der Waals surface area contributed by atoms with Crippen molar-refractivity contribution in [1.29, 1.82) is 5.26 Å². The van der Waals surface area contributed by atoms with Gasteiger partial charge in [0.25, 0.3) is 0 Å². The van der Waals surface area contributed by atoms with Crippen LogP contribution in [0.25, 0.3) is 0 Å². The predicted octanol–water partition coefficient (Wildman–Crippen LogP) is 3.34. The SMILES string of the molecule is Cc1cc(C(=O)COC(=O)COc2ccccc2C#N)c(C)n1CC(F)(F)F. The summed E-state index contributed by atoms with van der Waals surface area (Å²) in [6, 6.07) is 9.52. The molecule has 1 heterocycles. The van der Waals surface area contributed by atoms with Gasteiger partial charge in [0, 0.05) is 17.0 Å². The molecule has 0 saturated carbocycles. The molecule has 0 unspecified atom stereocenters. The van der Waals surface area contributed by atoms with Crippen LogP contribution in [0.2, 0.25) is 0 Å². The molecule has 1 aromatic heterocycles. The van der Waals surface area contributed by atoms with Gasteiger partial charge in [-0.3, -0.25) is 4.79 Å². The largest absolute Gasteiger partial charge is 0.481 e. The Bertz CT molecular complexity index is 926. The molecule has 0 aliphatic heterocycles. The Kier molecular flexibility index (Phi) is 6.46. The van der Waals surface area contributed by atoms with Gasteiger partial charge in [0.2, 0.25) is 5.78 Å². The lowest BCUT2D eigenvalue weighted by Crippen LogP contribution is -2.21. The summed E-state index contributed by atoms with van der Waals surface area (Å²) in [6.45, 7) is 0.513. The van der Waals surface area contributed by atoms with Gasteiger partial charge >= 0.3 is 12.1 Å². The zero-order valence-electron chi connectivity index (χ0n) is 15.2. The number of esters is 1. The van der Waals surface area contributed by atoms with Crippen molar-refractivity contribution in [2.24, 2.45) is 0 Å². The number of hydrogen-bond donors (Lipinski definition) is 0. The molecule has 0 aliphatic rings. The maximum absolute atomic E-state index is 12.6. The number of ketones is 1. The van der Waals surface area contributed by atoms with Crippen molar-refractivity contribution in [3.05, 3.63) is 52.8 Å². The third-order valence-corrected chi connectivity index (χ3v) is 3.93. The van der Waals surface area contributed by atoms with Crippen LogP contribution in [0.3, 0.4) is 0 Å². The van der Waals surface area contributed by atoms with Crippen LogP contribution in [0.4, 0.5) is 13.2 Å². The maximum Gasteiger partial charge on any atom is 0.406 e. The quantitative estimate of drug-likeness (QED) is 0.531. The Balaban J connectivity index is 1.94. The highest BCUT2D eigenvalue weighted by molar-refractivity contribution is 5.99. The first-order chi connectivity index (χ1) is 13.1. The number of nitriles is 1. The molecule has 0 spiro atoms. The van der Waals surface area contributed by atoms with E-state index >= 15 is 0 Å². The number of halogens is 3. The molecule has 0 amide bonds. The van der Waals surface area contributed by atoms with Crippen LogP contribution in [0.5, 0.6) is 5.75 Å². The number of para-hydroxylation sites is 1. The first-order valence-corrected chi connectivity index (χ1v) is 8.16. The molecule has 148 valence electrons. The van der Waals surface area contributed by atoms with Crippen LogP contribution in [-0.4, -0.2) is 35.7 Å². The van der Waals surface area contributed by atoms with Gasteiger partial charge < -0.3 is 14.0 Å². The molecular weight excluding hydrogens is 377 g/mol. The molecular formula is C19H17F3N2O4. The van der Waals surface area contributed by atoms with Gasteiger partial charge in [-0.15, -0.1) is 0 Å². The van der Waals surface area contributed by atoms with Gasteiger partial charge in [0.1, 0.15) is 18.4 Å². The maximum atomic E-state index is 12.6. The van der Waals surface area contributed by atoms with Crippen LogP contribution < -0.4 is 4.74 Å². The Morgan fingerprint density at radius 3 is 2.50 bits per heavy atom. The number of ether oxygens (including phenoxy) is 2. The van der Waals surface area contributed by atoms with Crippen LogP contribution >= 0.6 is 0 Å². The van der Waals surface area contributed by atoms with E-state index in [0.717, 1.165) is 4.57 Å². The van der Waals surface area contributed by atoms with E-state index in [1.807, 2.05) is 6.07 Å². The highest BCUT2D eigenvalue weighted by Crippen LogP contribution is 2.23. The molecule has 9 heteroatoms. The van der Waals surface area contributed by atoms with Gasteiger partial charge in [0.15, 0.2) is 13.2 Å². The highest BCUT2D eigenvalue weighted by atomic mass is 19.4. The summed E-state index contributed by atoms with van der Waals surface area (Å²) in [4.78, 5) is 24.0. The molecule has 0 bridgehead atoms. The van der Waals surface area contributed by atoms with E-state index in [9.17, 15) is 22.8 Å². The second-order valence-electron chi connectivity index (χ2n) is 5.97. The zero-order valence-corrected chi connectivity index (χ0v) is 15.2. The summed E-state index contributed by atoms with van der Waals surface area (Å²) in [7, 11) is 0. The number of aromatic nitrogens is 1. The minimum Gasteiger partial charge on any atom is -0.481 e. The smallest absolute Gasteiger partial charge is 0.406 e. The van der Waals surface area contributed by atoms with Crippen molar-refractivity contribution in [2.75, 3.05) is 13.2 Å². The first kappa shape index (κ1) is 21.0. The summed E-state index contributed by atoms with van der Waals surface area (Å²) in [5, 5.41) is 8.94. The minimum atomic E-state index is -4.42. The number of hydrogen-bond acceptors (Lipinski definition) is 5. The lowest BCUT2D eigenvalue weighted by Gasteiger charge is -2.12. The monoisotopic (exact) mass is 394 g/mol. The van der Waals surface area contributed by atoms with Crippen LogP contribution in [0.1, 0.15) is 27.3 Å². The lowest BCUT2D eigenvalue weighted by molar-refractivity contribution is -0.144. The Morgan fingerprint density at radius 2 is 1.86 bits per heavy atom. The van der Waals surface area contributed by atoms with Crippen molar-refractivity contribution in [2.45, 2.75) is 26.6 Å². The van der Waals surface area contributed by atoms with E-state index in [1.165, 1.54) is 32.0 Å². The summed E-state index contributed by atoms with van der Waals surface area (Å²) in [5.41, 5.74) is 0.727. The number of alkyl halides is 3. The number of carbonyl (C=O) groups is 2. The van der Waals surface area contributed by atoms with Gasteiger partial charge in [-0.1, -0.05) is 12.1 Å². The third kappa shape index (κ3) is 5.36. The first-order valence-electron chi connectivity index (χ1n) is 8.16. The second-order valence-corrected chi connectivity index (χ2v) is 5.97. The molecule has 0 radical (unpaired) electrons. The van der Waals surface area contributed by atoms with Crippen molar-refractivity contribution < 1.29 is 32.2 Å². The number of benzene rings is 1. The molecule has 0 fully saturated rings. The highest BCUT2D eigenvalue weighted by Gasteiger charge is 2.30. The van der Waals surface area contributed by atoms with E-state index in [0.29, 0.717) is 0 Å². The number of carbonyl (C=O) groups excluding carboxylic acids is 2. The van der Waals surface area contributed by atoms with Gasteiger partial charge in [-0.2, -0.15) is 18.4 Å². The number of rotatable bonds is 7. The molecule has 2 rings (SSSR count). The van der Waals surface area contributed by atoms with Crippen molar-refractivity contribution in [3.8, 4) is 11.8 Å². The molecule has 1 aromatic carbocycles. The van der Waals surface area contributed by atoms with Gasteiger partial charge in [-0.25, -0.2) is 4.79 Å². The van der Waals surface area contributed by atoms with Gasteiger partial charge in [-0.05, 0) is 32.0 Å². The molecule has 28 heavy (non-hydrogen) atoms. The van der Waals surface area contributed by atoms with Crippen LogP contribution in [-0.2, 0) is 16.1 Å². The minimum absolute atomic E-state index is 0.0605. The molecule has 2 aromatic rings. The Labute approximate surface area is 159 Å². The lowest BCUT2D eigenvalue weighted by atomic mass is 10.1. The van der Waals surface area contributed by atoms with E-state index < -0.39 is 37.7 Å². The Hall–Kier alpha value is -3.28. The Morgan fingerprint density at radius 1 is 1.18 bits per heavy atom. The van der Waals surface area contributed by atoms with E-state index in [-0.39, 0.29) is 28.3 Å². The van der Waals surface area contributed by atoms with E-state index in [1.54, 1.807) is 12.1 Å². The predicted molar refractivity (Wildman–Crippen MR) is 91.9 cm³/mol. The second kappa shape index (κ2) is 8.61. The number of nitrogens with zero attached hydrogens (tertiary/aromatic N) is 2. The van der Waals surface area contributed by atoms with E-state index in [4.69, 9.17) is 14.7 Å². The van der Waals surface area contributed by atoms with E-state index in [2.05, 4.69) is 0 Å². The topological polar surface area (TPSA) is 81.3 Å². The molecule has 0 aliphatic carbocycles. The summed E-state index contributed by atoms with van der Waals surface area (Å²) < 4.78 is 48.9. The zero-order chi connectivity index (χ0) is 20.9. The average molecular weight is 394 g/mol. The van der Waals surface area contributed by atoms with Crippen LogP contribution in [0.15, 0.2) is 30.3 Å². The fraction of sp³-hybridized carbons (Fsp3) is 0.316. The summed E-state index contributed by atoms with van der Waals surface area (Å²) in [5.74, 6) is -1.26. The standard InChI is InChI=1S/C19H17F3N2O4/c1-12-7-15(13(2)24(12)11-19(20,21)22)16(25)9-28-18(26)10-27-17-6-4-3-5-14(17)8-23/h3-7H,9-11H2,1-2H3. The van der Waals surface area contributed by atoms with Crippen molar-refractivity contribution in [1.82, 2.24) is 4.57 Å². The van der Waals surface area contributed by atoms with Gasteiger partial charge in [0.05, 0.1) is 5.56 Å². The fourth-order valence-corrected chi connectivity index (χ4v) is 2.59. The average Bonchev–Trinajstić information content (AvgIpc) is 2.91.